The maximum Gasteiger partial charge on any atom is 0.260 e. The first-order chi connectivity index (χ1) is 10.9. The van der Waals surface area contributed by atoms with Gasteiger partial charge in [0.15, 0.2) is 6.61 Å². The van der Waals surface area contributed by atoms with Gasteiger partial charge in [-0.1, -0.05) is 20.8 Å². The summed E-state index contributed by atoms with van der Waals surface area (Å²) in [7, 11) is 0. The van der Waals surface area contributed by atoms with E-state index in [0.29, 0.717) is 25.4 Å². The summed E-state index contributed by atoms with van der Waals surface area (Å²) in [6.45, 7) is 8.42. The molecule has 23 heavy (non-hydrogen) atoms. The molecule has 5 heteroatoms. The van der Waals surface area contributed by atoms with Crippen molar-refractivity contribution < 1.29 is 14.3 Å². The number of rotatable bonds is 6. The average Bonchev–Trinajstić information content (AvgIpc) is 2.54. The Morgan fingerprint density at radius 3 is 2.43 bits per heavy atom. The number of nitrogens with two attached hydrogens (primary N) is 1. The Labute approximate surface area is 138 Å². The maximum atomic E-state index is 12.3. The Bertz CT molecular complexity index is 514. The molecular weight excluding hydrogens is 292 g/mol. The fourth-order valence-corrected chi connectivity index (χ4v) is 2.68. The Balaban J connectivity index is 1.82. The van der Waals surface area contributed by atoms with E-state index < -0.39 is 0 Å². The number of nitrogens with zero attached hydrogens (tertiary/aromatic N) is 1. The molecule has 1 aromatic rings. The lowest BCUT2D eigenvalue weighted by Crippen LogP contribution is -2.54. The third-order valence-corrected chi connectivity index (χ3v) is 4.32. The Morgan fingerprint density at radius 2 is 1.87 bits per heavy atom. The lowest BCUT2D eigenvalue weighted by molar-refractivity contribution is -0.136. The predicted octanol–water partition coefficient (Wildman–Crippen LogP) is 2.44. The van der Waals surface area contributed by atoms with Gasteiger partial charge in [-0.15, -0.1) is 0 Å². The minimum absolute atomic E-state index is 0.0104. The number of ether oxygens (including phenoxy) is 2. The maximum absolute atomic E-state index is 12.3. The third kappa shape index (κ3) is 4.86. The molecule has 128 valence electrons. The largest absolute Gasteiger partial charge is 0.494 e. The van der Waals surface area contributed by atoms with Crippen LogP contribution < -0.4 is 15.2 Å². The number of amides is 1. The lowest BCUT2D eigenvalue weighted by atomic mass is 9.80. The van der Waals surface area contributed by atoms with E-state index in [2.05, 4.69) is 20.8 Å². The normalized spacial score (nSPS) is 20.2. The average molecular weight is 320 g/mol. The summed E-state index contributed by atoms with van der Waals surface area (Å²) < 4.78 is 11.1. The molecule has 1 amide bonds. The van der Waals surface area contributed by atoms with Crippen LogP contribution in [0.4, 0.5) is 0 Å². The molecule has 5 nitrogen and oxygen atoms in total. The molecule has 1 aliphatic heterocycles. The number of hydrogen-bond donors (Lipinski definition) is 1. The highest BCUT2D eigenvalue weighted by molar-refractivity contribution is 5.78. The molecule has 1 heterocycles. The van der Waals surface area contributed by atoms with Crippen LogP contribution >= 0.6 is 0 Å². The van der Waals surface area contributed by atoms with Crippen molar-refractivity contribution in [2.75, 3.05) is 26.3 Å². The molecule has 0 aliphatic carbocycles. The standard InChI is InChI=1S/C18H28N2O3/c1-4-11-22-14-5-7-15(8-6-14)23-12-17(21)20-10-9-16(19)18(2,3)13-20/h5-8,16H,4,9-13,19H2,1-3H3. The molecule has 0 saturated carbocycles. The molecule has 0 aromatic heterocycles. The Hall–Kier alpha value is -1.75. The van der Waals surface area contributed by atoms with E-state index >= 15 is 0 Å². The molecule has 1 unspecified atom stereocenters. The van der Waals surface area contributed by atoms with E-state index in [4.69, 9.17) is 15.2 Å². The molecule has 0 spiro atoms. The zero-order valence-electron chi connectivity index (χ0n) is 14.4. The van der Waals surface area contributed by atoms with Gasteiger partial charge in [0, 0.05) is 19.1 Å². The van der Waals surface area contributed by atoms with Crippen LogP contribution in [0, 0.1) is 5.41 Å². The number of piperidine rings is 1. The molecule has 1 fully saturated rings. The van der Waals surface area contributed by atoms with Gasteiger partial charge in [0.25, 0.3) is 5.91 Å². The zero-order chi connectivity index (χ0) is 16.9. The second-order valence-corrected chi connectivity index (χ2v) is 6.81. The Kier molecular flexibility index (Phi) is 5.88. The van der Waals surface area contributed by atoms with Crippen LogP contribution in [0.15, 0.2) is 24.3 Å². The van der Waals surface area contributed by atoms with Crippen molar-refractivity contribution in [3.05, 3.63) is 24.3 Å². The van der Waals surface area contributed by atoms with E-state index in [1.165, 1.54) is 0 Å². The summed E-state index contributed by atoms with van der Waals surface area (Å²) in [5.74, 6) is 1.50. The van der Waals surface area contributed by atoms with Crippen LogP contribution in [0.5, 0.6) is 11.5 Å². The number of benzene rings is 1. The SMILES string of the molecule is CCCOc1ccc(OCC(=O)N2CCC(N)C(C)(C)C2)cc1. The summed E-state index contributed by atoms with van der Waals surface area (Å²) in [6, 6.07) is 7.52. The van der Waals surface area contributed by atoms with Crippen molar-refractivity contribution in [1.29, 1.82) is 0 Å². The van der Waals surface area contributed by atoms with E-state index in [0.717, 1.165) is 18.6 Å². The summed E-state index contributed by atoms with van der Waals surface area (Å²) in [5.41, 5.74) is 6.06. The predicted molar refractivity (Wildman–Crippen MR) is 90.7 cm³/mol. The first kappa shape index (κ1) is 17.6. The fraction of sp³-hybridized carbons (Fsp3) is 0.611. The van der Waals surface area contributed by atoms with Crippen molar-refractivity contribution in [2.45, 2.75) is 39.7 Å². The van der Waals surface area contributed by atoms with Gasteiger partial charge in [-0.25, -0.2) is 0 Å². The first-order valence-corrected chi connectivity index (χ1v) is 8.31. The molecule has 1 saturated heterocycles. The minimum atomic E-state index is -0.0494. The van der Waals surface area contributed by atoms with E-state index in [1.807, 2.05) is 29.2 Å². The van der Waals surface area contributed by atoms with Crippen LogP contribution in [-0.4, -0.2) is 43.2 Å². The highest BCUT2D eigenvalue weighted by atomic mass is 16.5. The molecule has 0 bridgehead atoms. The number of hydrogen-bond acceptors (Lipinski definition) is 4. The smallest absolute Gasteiger partial charge is 0.260 e. The van der Waals surface area contributed by atoms with Crippen LogP contribution in [0.2, 0.25) is 0 Å². The van der Waals surface area contributed by atoms with Gasteiger partial charge in [-0.3, -0.25) is 4.79 Å². The fourth-order valence-electron chi connectivity index (χ4n) is 2.68. The number of carbonyl (C=O) groups excluding carboxylic acids is 1. The molecule has 2 N–H and O–H groups in total. The topological polar surface area (TPSA) is 64.8 Å². The molecule has 1 aromatic carbocycles. The van der Waals surface area contributed by atoms with Gasteiger partial charge in [0.2, 0.25) is 0 Å². The second-order valence-electron chi connectivity index (χ2n) is 6.81. The van der Waals surface area contributed by atoms with Crippen LogP contribution in [0.3, 0.4) is 0 Å². The van der Waals surface area contributed by atoms with Gasteiger partial charge in [0.05, 0.1) is 6.61 Å². The van der Waals surface area contributed by atoms with E-state index in [-0.39, 0.29) is 24.0 Å². The quantitative estimate of drug-likeness (QED) is 0.874. The van der Waals surface area contributed by atoms with Crippen molar-refractivity contribution in [2.24, 2.45) is 11.1 Å². The van der Waals surface area contributed by atoms with Gasteiger partial charge >= 0.3 is 0 Å². The first-order valence-electron chi connectivity index (χ1n) is 8.31. The summed E-state index contributed by atoms with van der Waals surface area (Å²) in [5, 5.41) is 0. The van der Waals surface area contributed by atoms with Crippen molar-refractivity contribution in [3.63, 3.8) is 0 Å². The minimum Gasteiger partial charge on any atom is -0.494 e. The van der Waals surface area contributed by atoms with E-state index in [9.17, 15) is 4.79 Å². The molecular formula is C18H28N2O3. The third-order valence-electron chi connectivity index (χ3n) is 4.32. The molecule has 0 radical (unpaired) electrons. The van der Waals surface area contributed by atoms with Gasteiger partial charge < -0.3 is 20.1 Å². The van der Waals surface area contributed by atoms with Crippen LogP contribution in [0.1, 0.15) is 33.6 Å². The van der Waals surface area contributed by atoms with Crippen molar-refractivity contribution >= 4 is 5.91 Å². The number of likely N-dealkylation sites (tertiary alicyclic amines) is 1. The van der Waals surface area contributed by atoms with Crippen molar-refractivity contribution in [1.82, 2.24) is 4.90 Å². The van der Waals surface area contributed by atoms with Crippen LogP contribution in [0.25, 0.3) is 0 Å². The highest BCUT2D eigenvalue weighted by Gasteiger charge is 2.35. The van der Waals surface area contributed by atoms with Gasteiger partial charge in [0.1, 0.15) is 11.5 Å². The molecule has 1 aliphatic rings. The van der Waals surface area contributed by atoms with Gasteiger partial charge in [-0.2, -0.15) is 0 Å². The van der Waals surface area contributed by atoms with Crippen molar-refractivity contribution in [3.8, 4) is 11.5 Å². The zero-order valence-corrected chi connectivity index (χ0v) is 14.4. The Morgan fingerprint density at radius 1 is 1.26 bits per heavy atom. The summed E-state index contributed by atoms with van der Waals surface area (Å²) in [4.78, 5) is 14.2. The highest BCUT2D eigenvalue weighted by Crippen LogP contribution is 2.27. The van der Waals surface area contributed by atoms with Gasteiger partial charge in [-0.05, 0) is 42.5 Å². The lowest BCUT2D eigenvalue weighted by Gasteiger charge is -2.42. The second kappa shape index (κ2) is 7.68. The van der Waals surface area contributed by atoms with Crippen LogP contribution in [-0.2, 0) is 4.79 Å². The summed E-state index contributed by atoms with van der Waals surface area (Å²) in [6.07, 6.45) is 1.81. The molecule has 2 rings (SSSR count). The number of carbonyl (C=O) groups is 1. The van der Waals surface area contributed by atoms with E-state index in [1.54, 1.807) is 0 Å². The molecule has 1 atom stereocenters. The summed E-state index contributed by atoms with van der Waals surface area (Å²) >= 11 is 0. The monoisotopic (exact) mass is 320 g/mol.